The Balaban J connectivity index is 2.01. The Morgan fingerprint density at radius 2 is 2.25 bits per heavy atom. The van der Waals surface area contributed by atoms with E-state index in [0.717, 1.165) is 39.1 Å². The molecular weight excluding hydrogens is 202 g/mol. The highest BCUT2D eigenvalue weighted by Crippen LogP contribution is 2.08. The average Bonchev–Trinajstić information content (AvgIpc) is 2.64. The summed E-state index contributed by atoms with van der Waals surface area (Å²) in [5, 5.41) is 6.39. The van der Waals surface area contributed by atoms with Crippen LogP contribution in [0.5, 0.6) is 0 Å². The van der Waals surface area contributed by atoms with Crippen molar-refractivity contribution in [1.29, 1.82) is 0 Å². The zero-order valence-electron chi connectivity index (χ0n) is 10.6. The Bertz CT molecular complexity index is 208. The van der Waals surface area contributed by atoms with Crippen LogP contribution in [-0.2, 0) is 4.79 Å². The molecule has 1 amide bonds. The van der Waals surface area contributed by atoms with E-state index in [9.17, 15) is 4.79 Å². The minimum absolute atomic E-state index is 0.0939. The Morgan fingerprint density at radius 1 is 1.44 bits per heavy atom. The molecule has 0 aliphatic carbocycles. The predicted molar refractivity (Wildman–Crippen MR) is 66.4 cm³/mol. The Labute approximate surface area is 98.8 Å². The van der Waals surface area contributed by atoms with E-state index in [0.29, 0.717) is 6.04 Å². The van der Waals surface area contributed by atoms with E-state index in [2.05, 4.69) is 22.5 Å². The number of carbonyl (C=O) groups is 1. The van der Waals surface area contributed by atoms with Crippen LogP contribution in [0.3, 0.4) is 0 Å². The van der Waals surface area contributed by atoms with Gasteiger partial charge in [-0.15, -0.1) is 0 Å². The van der Waals surface area contributed by atoms with Crippen LogP contribution in [0.1, 0.15) is 33.1 Å². The van der Waals surface area contributed by atoms with Gasteiger partial charge in [0.2, 0.25) is 5.91 Å². The maximum absolute atomic E-state index is 10.9. The molecule has 1 atom stereocenters. The van der Waals surface area contributed by atoms with Crippen molar-refractivity contribution in [2.24, 2.45) is 0 Å². The van der Waals surface area contributed by atoms with Crippen LogP contribution in [0.15, 0.2) is 0 Å². The van der Waals surface area contributed by atoms with E-state index in [1.165, 1.54) is 12.8 Å². The molecule has 1 fully saturated rings. The van der Waals surface area contributed by atoms with E-state index in [-0.39, 0.29) is 5.91 Å². The topological polar surface area (TPSA) is 44.4 Å². The molecule has 0 bridgehead atoms. The van der Waals surface area contributed by atoms with Crippen molar-refractivity contribution in [3.05, 3.63) is 0 Å². The summed E-state index contributed by atoms with van der Waals surface area (Å²) in [5.41, 5.74) is 0. The summed E-state index contributed by atoms with van der Waals surface area (Å²) < 4.78 is 0. The van der Waals surface area contributed by atoms with Gasteiger partial charge in [0.15, 0.2) is 0 Å². The van der Waals surface area contributed by atoms with Crippen LogP contribution in [0, 0.1) is 0 Å². The Hall–Kier alpha value is -0.610. The third kappa shape index (κ3) is 5.47. The van der Waals surface area contributed by atoms with Crippen LogP contribution in [0.4, 0.5) is 0 Å². The lowest BCUT2D eigenvalue weighted by atomic mass is 10.2. The van der Waals surface area contributed by atoms with E-state index < -0.39 is 0 Å². The molecule has 1 unspecified atom stereocenters. The Kier molecular flexibility index (Phi) is 6.42. The third-order valence-electron chi connectivity index (χ3n) is 2.93. The lowest BCUT2D eigenvalue weighted by molar-refractivity contribution is -0.119. The number of hydrogen-bond acceptors (Lipinski definition) is 3. The van der Waals surface area contributed by atoms with Gasteiger partial charge in [-0.1, -0.05) is 6.92 Å². The van der Waals surface area contributed by atoms with Crippen LogP contribution in [0.25, 0.3) is 0 Å². The number of hydrogen-bond donors (Lipinski definition) is 2. The van der Waals surface area contributed by atoms with Crippen LogP contribution >= 0.6 is 0 Å². The first-order valence-corrected chi connectivity index (χ1v) is 6.42. The monoisotopic (exact) mass is 227 g/mol. The number of nitrogens with one attached hydrogen (secondary N) is 2. The van der Waals surface area contributed by atoms with Gasteiger partial charge in [0, 0.05) is 26.1 Å². The van der Waals surface area contributed by atoms with E-state index in [1.807, 2.05) is 0 Å². The minimum Gasteiger partial charge on any atom is -0.352 e. The largest absolute Gasteiger partial charge is 0.352 e. The molecule has 0 saturated carbocycles. The summed E-state index contributed by atoms with van der Waals surface area (Å²) >= 11 is 0. The van der Waals surface area contributed by atoms with Crippen LogP contribution in [-0.4, -0.2) is 49.6 Å². The number of nitrogens with zero attached hydrogens (tertiary/aromatic N) is 1. The smallest absolute Gasteiger partial charge is 0.217 e. The maximum atomic E-state index is 10.9. The zero-order valence-corrected chi connectivity index (χ0v) is 10.6. The molecule has 1 aliphatic heterocycles. The van der Waals surface area contributed by atoms with Gasteiger partial charge in [0.1, 0.15) is 0 Å². The second-order valence-corrected chi connectivity index (χ2v) is 4.59. The molecule has 94 valence electrons. The van der Waals surface area contributed by atoms with Gasteiger partial charge in [-0.05, 0) is 38.9 Å². The molecule has 0 aromatic carbocycles. The second-order valence-electron chi connectivity index (χ2n) is 4.59. The number of likely N-dealkylation sites (tertiary alicyclic amines) is 1. The standard InChI is InChI=1S/C12H25N3O/c1-3-6-13-7-4-8-15-9-5-12(10-15)14-11(2)16/h12-13H,3-10H2,1-2H3,(H,14,16). The number of rotatable bonds is 7. The molecule has 0 aromatic rings. The molecule has 4 nitrogen and oxygen atoms in total. The molecule has 0 spiro atoms. The SMILES string of the molecule is CCCNCCCN1CCC(NC(C)=O)C1. The highest BCUT2D eigenvalue weighted by atomic mass is 16.1. The molecular formula is C12H25N3O. The van der Waals surface area contributed by atoms with Gasteiger partial charge < -0.3 is 15.5 Å². The van der Waals surface area contributed by atoms with Crippen LogP contribution < -0.4 is 10.6 Å². The summed E-state index contributed by atoms with van der Waals surface area (Å²) in [6, 6.07) is 0.376. The quantitative estimate of drug-likeness (QED) is 0.626. The fraction of sp³-hybridized carbons (Fsp3) is 0.917. The highest BCUT2D eigenvalue weighted by Gasteiger charge is 2.21. The summed E-state index contributed by atoms with van der Waals surface area (Å²) in [4.78, 5) is 13.3. The minimum atomic E-state index is 0.0939. The van der Waals surface area contributed by atoms with Crippen LogP contribution in [0.2, 0.25) is 0 Å². The molecule has 16 heavy (non-hydrogen) atoms. The molecule has 4 heteroatoms. The van der Waals surface area contributed by atoms with Gasteiger partial charge in [-0.2, -0.15) is 0 Å². The fourth-order valence-electron chi connectivity index (χ4n) is 2.17. The second kappa shape index (κ2) is 7.63. The Morgan fingerprint density at radius 3 is 2.94 bits per heavy atom. The van der Waals surface area contributed by atoms with Crippen molar-refractivity contribution in [1.82, 2.24) is 15.5 Å². The average molecular weight is 227 g/mol. The van der Waals surface area contributed by atoms with Crippen molar-refractivity contribution in [3.8, 4) is 0 Å². The highest BCUT2D eigenvalue weighted by molar-refractivity contribution is 5.73. The summed E-state index contributed by atoms with van der Waals surface area (Å²) in [7, 11) is 0. The molecule has 1 saturated heterocycles. The van der Waals surface area contributed by atoms with Gasteiger partial charge in [0.25, 0.3) is 0 Å². The summed E-state index contributed by atoms with van der Waals surface area (Å²) in [6.07, 6.45) is 3.50. The first kappa shape index (κ1) is 13.5. The lowest BCUT2D eigenvalue weighted by Gasteiger charge is -2.16. The van der Waals surface area contributed by atoms with Crippen molar-refractivity contribution >= 4 is 5.91 Å². The normalized spacial score (nSPS) is 21.2. The third-order valence-corrected chi connectivity index (χ3v) is 2.93. The molecule has 2 N–H and O–H groups in total. The van der Waals surface area contributed by atoms with E-state index in [4.69, 9.17) is 0 Å². The fourth-order valence-corrected chi connectivity index (χ4v) is 2.17. The molecule has 0 radical (unpaired) electrons. The summed E-state index contributed by atoms with van der Waals surface area (Å²) in [5.74, 6) is 0.0939. The summed E-state index contributed by atoms with van der Waals surface area (Å²) in [6.45, 7) is 9.30. The van der Waals surface area contributed by atoms with Crippen molar-refractivity contribution in [2.75, 3.05) is 32.7 Å². The lowest BCUT2D eigenvalue weighted by Crippen LogP contribution is -2.36. The first-order chi connectivity index (χ1) is 7.72. The molecule has 0 aromatic heterocycles. The van der Waals surface area contributed by atoms with Gasteiger partial charge in [0.05, 0.1) is 0 Å². The zero-order chi connectivity index (χ0) is 11.8. The van der Waals surface area contributed by atoms with Gasteiger partial charge in [-0.3, -0.25) is 4.79 Å². The number of amides is 1. The van der Waals surface area contributed by atoms with Crippen molar-refractivity contribution in [3.63, 3.8) is 0 Å². The van der Waals surface area contributed by atoms with Gasteiger partial charge in [-0.25, -0.2) is 0 Å². The molecule has 1 aliphatic rings. The van der Waals surface area contributed by atoms with E-state index in [1.54, 1.807) is 6.92 Å². The number of carbonyl (C=O) groups excluding carboxylic acids is 1. The van der Waals surface area contributed by atoms with E-state index >= 15 is 0 Å². The van der Waals surface area contributed by atoms with Gasteiger partial charge >= 0.3 is 0 Å². The molecule has 1 heterocycles. The van der Waals surface area contributed by atoms with Crippen molar-refractivity contribution in [2.45, 2.75) is 39.2 Å². The predicted octanol–water partition coefficient (Wildman–Crippen LogP) is 0.587. The molecule has 1 rings (SSSR count). The van der Waals surface area contributed by atoms with Crippen molar-refractivity contribution < 1.29 is 4.79 Å². The first-order valence-electron chi connectivity index (χ1n) is 6.42. The maximum Gasteiger partial charge on any atom is 0.217 e.